The van der Waals surface area contributed by atoms with Gasteiger partial charge in [-0.3, -0.25) is 14.3 Å². The Hall–Kier alpha value is -3.68. The summed E-state index contributed by atoms with van der Waals surface area (Å²) in [6.45, 7) is 0.464. The lowest BCUT2D eigenvalue weighted by Gasteiger charge is -2.13. The molecule has 0 bridgehead atoms. The standard InChI is InChI=1S/C21H20N6O3S/c1-26-9-8-21(30,20(26)29)7-6-13-4-3-5-14(10-13)18-25-16(17(22)28)19(31-18)24-15-11-23-27(2)12-15/h3-5,10-12,24,30H,8-9H2,1-2H3,(H2,22,28)/t21-/m0/s1. The molecule has 1 saturated heterocycles. The van der Waals surface area contributed by atoms with Crippen LogP contribution in [0.25, 0.3) is 10.6 Å². The van der Waals surface area contributed by atoms with Gasteiger partial charge in [0.05, 0.1) is 11.9 Å². The van der Waals surface area contributed by atoms with Crippen molar-refractivity contribution in [3.05, 3.63) is 47.9 Å². The highest BCUT2D eigenvalue weighted by molar-refractivity contribution is 7.19. The molecule has 0 spiro atoms. The number of likely N-dealkylation sites (N-methyl/N-ethyl adjacent to an activating group) is 1. The maximum Gasteiger partial charge on any atom is 0.270 e. The molecule has 1 atom stereocenters. The Morgan fingerprint density at radius 1 is 1.39 bits per heavy atom. The van der Waals surface area contributed by atoms with Crippen LogP contribution in [0.1, 0.15) is 22.5 Å². The van der Waals surface area contributed by atoms with Crippen molar-refractivity contribution in [1.29, 1.82) is 0 Å². The first kappa shape index (κ1) is 20.6. The molecule has 0 unspecified atom stereocenters. The number of hydrogen-bond donors (Lipinski definition) is 3. The van der Waals surface area contributed by atoms with Gasteiger partial charge in [-0.1, -0.05) is 35.3 Å². The van der Waals surface area contributed by atoms with Crippen LogP contribution < -0.4 is 11.1 Å². The van der Waals surface area contributed by atoms with Crippen LogP contribution in [0.15, 0.2) is 36.7 Å². The molecule has 31 heavy (non-hydrogen) atoms. The predicted molar refractivity (Wildman–Crippen MR) is 117 cm³/mol. The number of aromatic nitrogens is 3. The van der Waals surface area contributed by atoms with E-state index in [9.17, 15) is 14.7 Å². The molecule has 3 aromatic rings. The summed E-state index contributed by atoms with van der Waals surface area (Å²) in [5, 5.41) is 18.8. The van der Waals surface area contributed by atoms with Gasteiger partial charge in [0.2, 0.25) is 5.60 Å². The van der Waals surface area contributed by atoms with Crippen LogP contribution in [-0.4, -0.2) is 55.8 Å². The quantitative estimate of drug-likeness (QED) is 0.530. The Kier molecular flexibility index (Phi) is 5.22. The number of rotatable bonds is 4. The lowest BCUT2D eigenvalue weighted by Crippen LogP contribution is -2.37. The summed E-state index contributed by atoms with van der Waals surface area (Å²) < 4.78 is 1.64. The molecule has 1 aromatic carbocycles. The van der Waals surface area contributed by atoms with Gasteiger partial charge in [0, 0.05) is 44.4 Å². The second kappa shape index (κ2) is 7.86. The van der Waals surface area contributed by atoms with Gasteiger partial charge in [0.25, 0.3) is 11.8 Å². The number of nitrogens with zero attached hydrogens (tertiary/aromatic N) is 4. The van der Waals surface area contributed by atoms with E-state index in [-0.39, 0.29) is 12.1 Å². The average molecular weight is 436 g/mol. The number of carbonyl (C=O) groups is 2. The highest BCUT2D eigenvalue weighted by Gasteiger charge is 2.42. The summed E-state index contributed by atoms with van der Waals surface area (Å²) in [5.41, 5.74) is 6.04. The number of nitrogens with two attached hydrogens (primary N) is 1. The lowest BCUT2D eigenvalue weighted by atomic mass is 10.0. The number of amides is 2. The van der Waals surface area contributed by atoms with Crippen molar-refractivity contribution in [3.63, 3.8) is 0 Å². The third-order valence-electron chi connectivity index (χ3n) is 4.86. The monoisotopic (exact) mass is 436 g/mol. The molecule has 0 saturated carbocycles. The lowest BCUT2D eigenvalue weighted by molar-refractivity contribution is -0.137. The Balaban J connectivity index is 1.64. The maximum atomic E-state index is 12.1. The molecule has 2 aromatic heterocycles. The minimum Gasteiger partial charge on any atom is -0.369 e. The van der Waals surface area contributed by atoms with Crippen molar-refractivity contribution in [2.24, 2.45) is 12.8 Å². The van der Waals surface area contributed by atoms with Crippen LogP contribution in [0, 0.1) is 11.8 Å². The number of hydrogen-bond acceptors (Lipinski definition) is 7. The van der Waals surface area contributed by atoms with E-state index < -0.39 is 17.4 Å². The average Bonchev–Trinajstić information content (AvgIpc) is 3.42. The Labute approximate surface area is 182 Å². The first-order chi connectivity index (χ1) is 14.7. The fourth-order valence-electron chi connectivity index (χ4n) is 3.19. The highest BCUT2D eigenvalue weighted by Crippen LogP contribution is 2.34. The van der Waals surface area contributed by atoms with Gasteiger partial charge in [-0.25, -0.2) is 4.98 Å². The van der Waals surface area contributed by atoms with E-state index in [1.54, 1.807) is 49.4 Å². The van der Waals surface area contributed by atoms with Crippen molar-refractivity contribution in [1.82, 2.24) is 19.7 Å². The first-order valence-electron chi connectivity index (χ1n) is 9.43. The minimum absolute atomic E-state index is 0.134. The molecule has 1 aliphatic heterocycles. The van der Waals surface area contributed by atoms with Crippen LogP contribution in [0.2, 0.25) is 0 Å². The van der Waals surface area contributed by atoms with Crippen molar-refractivity contribution in [3.8, 4) is 22.4 Å². The minimum atomic E-state index is -1.66. The van der Waals surface area contributed by atoms with Gasteiger partial charge >= 0.3 is 0 Å². The fraction of sp³-hybridized carbons (Fsp3) is 0.238. The third kappa shape index (κ3) is 4.14. The summed E-state index contributed by atoms with van der Waals surface area (Å²) in [4.78, 5) is 29.8. The number of aryl methyl sites for hydroxylation is 1. The molecule has 9 nitrogen and oxygen atoms in total. The van der Waals surface area contributed by atoms with E-state index in [0.717, 1.165) is 5.56 Å². The second-order valence-electron chi connectivity index (χ2n) is 7.26. The zero-order valence-corrected chi connectivity index (χ0v) is 17.7. The SMILES string of the molecule is CN1CC[C@@](O)(C#Cc2cccc(-c3nc(C(N)=O)c(Nc4cnn(C)c4)s3)c2)C1=O. The molecule has 4 rings (SSSR count). The number of nitrogens with one attached hydrogen (secondary N) is 1. The number of likely N-dealkylation sites (tertiary alicyclic amines) is 1. The van der Waals surface area contributed by atoms with Gasteiger partial charge in [-0.15, -0.1) is 0 Å². The number of aliphatic hydroxyl groups is 1. The normalized spacial score (nSPS) is 18.0. The van der Waals surface area contributed by atoms with Gasteiger partial charge < -0.3 is 21.1 Å². The third-order valence-corrected chi connectivity index (χ3v) is 5.88. The van der Waals surface area contributed by atoms with E-state index >= 15 is 0 Å². The zero-order valence-electron chi connectivity index (χ0n) is 16.9. The van der Waals surface area contributed by atoms with Crippen molar-refractivity contribution < 1.29 is 14.7 Å². The molecule has 2 amide bonds. The van der Waals surface area contributed by atoms with Crippen LogP contribution in [0.5, 0.6) is 0 Å². The smallest absolute Gasteiger partial charge is 0.270 e. The zero-order chi connectivity index (χ0) is 22.2. The number of carbonyl (C=O) groups excluding carboxylic acids is 2. The van der Waals surface area contributed by atoms with Crippen molar-refractivity contribution >= 4 is 33.8 Å². The van der Waals surface area contributed by atoms with E-state index in [2.05, 4.69) is 27.2 Å². The number of anilines is 2. The van der Waals surface area contributed by atoms with Gasteiger partial charge in [0.1, 0.15) is 10.0 Å². The van der Waals surface area contributed by atoms with Crippen LogP contribution >= 0.6 is 11.3 Å². The molecule has 1 aliphatic rings. The van der Waals surface area contributed by atoms with E-state index in [1.165, 1.54) is 16.2 Å². The molecule has 3 heterocycles. The Morgan fingerprint density at radius 3 is 2.84 bits per heavy atom. The maximum absolute atomic E-state index is 12.1. The summed E-state index contributed by atoms with van der Waals surface area (Å²) >= 11 is 1.28. The Bertz CT molecular complexity index is 1240. The van der Waals surface area contributed by atoms with Gasteiger partial charge in [-0.05, 0) is 12.1 Å². The molecule has 158 valence electrons. The largest absolute Gasteiger partial charge is 0.369 e. The van der Waals surface area contributed by atoms with Crippen LogP contribution in [0.3, 0.4) is 0 Å². The topological polar surface area (TPSA) is 126 Å². The van der Waals surface area contributed by atoms with Gasteiger partial charge in [0.15, 0.2) is 5.69 Å². The summed E-state index contributed by atoms with van der Waals surface area (Å²) in [7, 11) is 3.43. The van der Waals surface area contributed by atoms with E-state index in [1.807, 2.05) is 6.07 Å². The fourth-order valence-corrected chi connectivity index (χ4v) is 4.17. The predicted octanol–water partition coefficient (Wildman–Crippen LogP) is 1.33. The summed E-state index contributed by atoms with van der Waals surface area (Å²) in [6.07, 6.45) is 3.67. The molecular weight excluding hydrogens is 416 g/mol. The first-order valence-corrected chi connectivity index (χ1v) is 10.2. The van der Waals surface area contributed by atoms with Gasteiger partial charge in [-0.2, -0.15) is 5.10 Å². The molecule has 4 N–H and O–H groups in total. The van der Waals surface area contributed by atoms with Crippen molar-refractivity contribution in [2.45, 2.75) is 12.0 Å². The molecule has 1 fully saturated rings. The highest BCUT2D eigenvalue weighted by atomic mass is 32.1. The number of benzene rings is 1. The Morgan fingerprint density at radius 2 is 2.19 bits per heavy atom. The van der Waals surface area contributed by atoms with E-state index in [0.29, 0.717) is 27.8 Å². The summed E-state index contributed by atoms with van der Waals surface area (Å²) in [5.74, 6) is 4.55. The molecular formula is C21H20N6O3S. The van der Waals surface area contributed by atoms with Crippen molar-refractivity contribution in [2.75, 3.05) is 18.9 Å². The second-order valence-corrected chi connectivity index (χ2v) is 8.26. The molecule has 0 radical (unpaired) electrons. The molecule has 10 heteroatoms. The summed E-state index contributed by atoms with van der Waals surface area (Å²) in [6, 6.07) is 7.20. The van der Waals surface area contributed by atoms with Crippen LogP contribution in [0.4, 0.5) is 10.7 Å². The molecule has 0 aliphatic carbocycles. The van der Waals surface area contributed by atoms with E-state index in [4.69, 9.17) is 5.73 Å². The number of primary amides is 1. The van der Waals surface area contributed by atoms with Crippen LogP contribution in [-0.2, 0) is 11.8 Å². The number of thiazole rings is 1.